The fourth-order valence-electron chi connectivity index (χ4n) is 1.48. The first-order chi connectivity index (χ1) is 8.60. The predicted octanol–water partition coefficient (Wildman–Crippen LogP) is -0.482. The van der Waals surface area contributed by atoms with Gasteiger partial charge in [0.05, 0.1) is 6.54 Å². The number of carboxylic acid groups (broad SMARTS) is 1. The number of carbonyl (C=O) groups is 1. The zero-order valence-corrected chi connectivity index (χ0v) is 12.3. The van der Waals surface area contributed by atoms with E-state index in [1.165, 1.54) is 0 Å². The van der Waals surface area contributed by atoms with Crippen LogP contribution in [0, 0.1) is 0 Å². The minimum absolute atomic E-state index is 0.00523. The van der Waals surface area contributed by atoms with Crippen LogP contribution in [0.1, 0.15) is 6.42 Å². The van der Waals surface area contributed by atoms with Crippen molar-refractivity contribution in [1.82, 2.24) is 10.6 Å². The lowest BCUT2D eigenvalue weighted by molar-refractivity contribution is -0.135. The minimum atomic E-state index is -2.44. The van der Waals surface area contributed by atoms with E-state index in [1.807, 2.05) is 0 Å². The summed E-state index contributed by atoms with van der Waals surface area (Å²) in [4.78, 5) is 10.2. The van der Waals surface area contributed by atoms with Gasteiger partial charge in [-0.25, -0.2) is 0 Å². The number of hydrogen-bond acceptors (Lipinski definition) is 6. The molecule has 0 bridgehead atoms. The third kappa shape index (κ3) is 7.74. The van der Waals surface area contributed by atoms with Gasteiger partial charge in [0.25, 0.3) is 0 Å². The van der Waals surface area contributed by atoms with Crippen molar-refractivity contribution >= 4 is 14.8 Å². The maximum atomic E-state index is 10.2. The fraction of sp³-hybridized carbons (Fsp3) is 0.900. The van der Waals surface area contributed by atoms with E-state index in [0.717, 1.165) is 25.6 Å². The highest BCUT2D eigenvalue weighted by Crippen LogP contribution is 2.14. The lowest BCUT2D eigenvalue weighted by atomic mass is 10.4. The maximum Gasteiger partial charge on any atom is 0.500 e. The Labute approximate surface area is 109 Å². The molecular formula is C10H24N2O5Si. The summed E-state index contributed by atoms with van der Waals surface area (Å²) in [6.07, 6.45) is 0.890. The highest BCUT2D eigenvalue weighted by molar-refractivity contribution is 6.60. The Balaban J connectivity index is 3.47. The molecule has 18 heavy (non-hydrogen) atoms. The zero-order valence-electron chi connectivity index (χ0n) is 11.3. The van der Waals surface area contributed by atoms with Gasteiger partial charge in [0, 0.05) is 40.5 Å². The van der Waals surface area contributed by atoms with Gasteiger partial charge < -0.3 is 29.0 Å². The molecule has 0 unspecified atom stereocenters. The normalized spacial score (nSPS) is 11.7. The number of aliphatic carboxylic acids is 1. The molecule has 0 spiro atoms. The summed E-state index contributed by atoms with van der Waals surface area (Å²) in [7, 11) is 2.36. The Kier molecular flexibility index (Phi) is 10.1. The van der Waals surface area contributed by atoms with Gasteiger partial charge in [0.2, 0.25) is 0 Å². The van der Waals surface area contributed by atoms with E-state index >= 15 is 0 Å². The number of rotatable bonds is 12. The van der Waals surface area contributed by atoms with Crippen molar-refractivity contribution in [3.8, 4) is 0 Å². The van der Waals surface area contributed by atoms with Gasteiger partial charge in [-0.3, -0.25) is 4.79 Å². The van der Waals surface area contributed by atoms with Gasteiger partial charge in [-0.1, -0.05) is 0 Å². The molecule has 3 N–H and O–H groups in total. The van der Waals surface area contributed by atoms with E-state index in [9.17, 15) is 4.79 Å². The van der Waals surface area contributed by atoms with Crippen molar-refractivity contribution < 1.29 is 23.2 Å². The van der Waals surface area contributed by atoms with Crippen molar-refractivity contribution in [1.29, 1.82) is 0 Å². The van der Waals surface area contributed by atoms with Crippen LogP contribution in [-0.2, 0) is 18.1 Å². The highest BCUT2D eigenvalue weighted by atomic mass is 28.4. The molecule has 7 nitrogen and oxygen atoms in total. The van der Waals surface area contributed by atoms with E-state index in [2.05, 4.69) is 10.6 Å². The Bertz CT molecular complexity index is 218. The second-order valence-electron chi connectivity index (χ2n) is 3.72. The first-order valence-corrected chi connectivity index (χ1v) is 7.82. The summed E-state index contributed by atoms with van der Waals surface area (Å²) in [5, 5.41) is 14.4. The highest BCUT2D eigenvalue weighted by Gasteiger charge is 2.36. The second kappa shape index (κ2) is 10.4. The van der Waals surface area contributed by atoms with E-state index in [4.69, 9.17) is 18.4 Å². The molecule has 0 aliphatic rings. The zero-order chi connectivity index (χ0) is 13.9. The van der Waals surface area contributed by atoms with Gasteiger partial charge >= 0.3 is 14.8 Å². The molecule has 0 saturated heterocycles. The quantitative estimate of drug-likeness (QED) is 0.328. The van der Waals surface area contributed by atoms with Crippen LogP contribution in [0.2, 0.25) is 6.04 Å². The van der Waals surface area contributed by atoms with Crippen molar-refractivity contribution in [2.75, 3.05) is 47.5 Å². The molecular weight excluding hydrogens is 256 g/mol. The van der Waals surface area contributed by atoms with Crippen LogP contribution in [0.4, 0.5) is 0 Å². The molecule has 0 aliphatic heterocycles. The largest absolute Gasteiger partial charge is 0.500 e. The molecule has 0 heterocycles. The van der Waals surface area contributed by atoms with Crippen LogP contribution in [-0.4, -0.2) is 67.4 Å². The molecule has 0 aromatic rings. The molecule has 0 aromatic heterocycles. The third-order valence-electron chi connectivity index (χ3n) is 2.52. The Morgan fingerprint density at radius 1 is 1.06 bits per heavy atom. The fourth-order valence-corrected chi connectivity index (χ4v) is 3.21. The van der Waals surface area contributed by atoms with Crippen molar-refractivity contribution in [3.63, 3.8) is 0 Å². The van der Waals surface area contributed by atoms with Gasteiger partial charge in [-0.2, -0.15) is 0 Å². The van der Waals surface area contributed by atoms with Crippen molar-refractivity contribution in [2.24, 2.45) is 0 Å². The van der Waals surface area contributed by atoms with E-state index < -0.39 is 14.8 Å². The average Bonchev–Trinajstić information content (AvgIpc) is 2.38. The smallest absolute Gasteiger partial charge is 0.480 e. The molecule has 0 aliphatic carbocycles. The first-order valence-electron chi connectivity index (χ1n) is 5.89. The SMILES string of the molecule is CO[Si](CCCNCCNCC(=O)O)(OC)OC. The molecule has 0 rings (SSSR count). The average molecular weight is 280 g/mol. The topological polar surface area (TPSA) is 89.1 Å². The van der Waals surface area contributed by atoms with Crippen LogP contribution in [0.15, 0.2) is 0 Å². The predicted molar refractivity (Wildman–Crippen MR) is 69.6 cm³/mol. The minimum Gasteiger partial charge on any atom is -0.480 e. The molecule has 108 valence electrons. The standard InChI is InChI=1S/C10H24N2O5Si/c1-15-18(16-2,17-3)8-4-5-11-6-7-12-9-10(13)14/h11-12H,4-9H2,1-3H3,(H,13,14). The molecule has 8 heteroatoms. The third-order valence-corrected chi connectivity index (χ3v) is 5.36. The maximum absolute atomic E-state index is 10.2. The number of hydrogen-bond donors (Lipinski definition) is 3. The van der Waals surface area contributed by atoms with Gasteiger partial charge in [-0.15, -0.1) is 0 Å². The summed E-state index contributed by atoms with van der Waals surface area (Å²) in [5.74, 6) is -0.842. The molecule has 0 atom stereocenters. The van der Waals surface area contributed by atoms with Gasteiger partial charge in [0.15, 0.2) is 0 Å². The summed E-state index contributed by atoms with van der Waals surface area (Å²) in [6, 6.07) is 0.756. The summed E-state index contributed by atoms with van der Waals surface area (Å²) < 4.78 is 15.9. The van der Waals surface area contributed by atoms with Crippen LogP contribution >= 0.6 is 0 Å². The Morgan fingerprint density at radius 2 is 1.61 bits per heavy atom. The monoisotopic (exact) mass is 280 g/mol. The van der Waals surface area contributed by atoms with E-state index in [1.54, 1.807) is 21.3 Å². The summed E-state index contributed by atoms with van der Waals surface area (Å²) in [6.45, 7) is 2.18. The van der Waals surface area contributed by atoms with Crippen LogP contribution in [0.5, 0.6) is 0 Å². The van der Waals surface area contributed by atoms with E-state index in [0.29, 0.717) is 6.54 Å². The lowest BCUT2D eigenvalue weighted by Crippen LogP contribution is -2.43. The summed E-state index contributed by atoms with van der Waals surface area (Å²) in [5.41, 5.74) is 0. The van der Waals surface area contributed by atoms with Gasteiger partial charge in [-0.05, 0) is 13.0 Å². The Hall–Kier alpha value is -0.513. The number of carboxylic acids is 1. The Morgan fingerprint density at radius 3 is 2.11 bits per heavy atom. The van der Waals surface area contributed by atoms with E-state index in [-0.39, 0.29) is 6.54 Å². The first kappa shape index (κ1) is 17.5. The molecule has 0 radical (unpaired) electrons. The van der Waals surface area contributed by atoms with Crippen molar-refractivity contribution in [3.05, 3.63) is 0 Å². The van der Waals surface area contributed by atoms with Gasteiger partial charge in [0.1, 0.15) is 0 Å². The molecule has 0 aromatic carbocycles. The summed E-state index contributed by atoms with van der Waals surface area (Å²) >= 11 is 0. The lowest BCUT2D eigenvalue weighted by Gasteiger charge is -2.24. The molecule has 0 fully saturated rings. The number of nitrogens with one attached hydrogen (secondary N) is 2. The van der Waals surface area contributed by atoms with Crippen LogP contribution in [0.25, 0.3) is 0 Å². The molecule has 0 amide bonds. The second-order valence-corrected chi connectivity index (χ2v) is 6.81. The van der Waals surface area contributed by atoms with Crippen LogP contribution in [0.3, 0.4) is 0 Å². The van der Waals surface area contributed by atoms with Crippen LogP contribution < -0.4 is 10.6 Å². The molecule has 0 saturated carbocycles. The van der Waals surface area contributed by atoms with Crippen molar-refractivity contribution in [2.45, 2.75) is 12.5 Å².